The first-order chi connectivity index (χ1) is 12.0. The van der Waals surface area contributed by atoms with Gasteiger partial charge in [0.25, 0.3) is 11.8 Å². The summed E-state index contributed by atoms with van der Waals surface area (Å²) in [5.74, 6) is -3.63. The third-order valence-corrected chi connectivity index (χ3v) is 3.93. The Hall–Kier alpha value is -3.10. The zero-order valence-corrected chi connectivity index (χ0v) is 12.8. The lowest BCUT2D eigenvalue weighted by molar-refractivity contribution is 0.0113. The molecule has 1 atom stereocenters. The summed E-state index contributed by atoms with van der Waals surface area (Å²) in [5, 5.41) is 3.83. The van der Waals surface area contributed by atoms with Crippen molar-refractivity contribution in [3.8, 4) is 11.4 Å². The first kappa shape index (κ1) is 15.4. The molecular formula is C16H12F2N4O3. The number of amides is 1. The van der Waals surface area contributed by atoms with Gasteiger partial charge in [-0.1, -0.05) is 35.5 Å². The number of carbonyl (C=O) groups is 1. The van der Waals surface area contributed by atoms with Gasteiger partial charge >= 0.3 is 0 Å². The van der Waals surface area contributed by atoms with Gasteiger partial charge in [0.1, 0.15) is 6.04 Å². The molecule has 1 fully saturated rings. The predicted molar refractivity (Wildman–Crippen MR) is 79.6 cm³/mol. The van der Waals surface area contributed by atoms with Gasteiger partial charge in [-0.3, -0.25) is 4.79 Å². The van der Waals surface area contributed by atoms with Crippen LogP contribution in [0.1, 0.15) is 28.9 Å². The number of halogens is 2. The average molecular weight is 346 g/mol. The number of hydrogen-bond donors (Lipinski definition) is 0. The molecular weight excluding hydrogens is 334 g/mol. The Balaban J connectivity index is 1.65. The van der Waals surface area contributed by atoms with Crippen molar-refractivity contribution in [3.63, 3.8) is 0 Å². The van der Waals surface area contributed by atoms with E-state index in [-0.39, 0.29) is 17.5 Å². The molecule has 0 spiro atoms. The van der Waals surface area contributed by atoms with Crippen molar-refractivity contribution in [1.29, 1.82) is 0 Å². The van der Waals surface area contributed by atoms with E-state index in [0.717, 1.165) is 11.3 Å². The zero-order valence-electron chi connectivity index (χ0n) is 12.8. The molecule has 0 saturated carbocycles. The highest BCUT2D eigenvalue weighted by molar-refractivity contribution is 5.91. The first-order valence-electron chi connectivity index (χ1n) is 7.50. The van der Waals surface area contributed by atoms with Crippen LogP contribution in [-0.4, -0.2) is 38.4 Å². The molecule has 9 heteroatoms. The molecule has 3 heterocycles. The third-order valence-electron chi connectivity index (χ3n) is 3.93. The second-order valence-corrected chi connectivity index (χ2v) is 5.70. The lowest BCUT2D eigenvalue weighted by Gasteiger charge is -2.19. The summed E-state index contributed by atoms with van der Waals surface area (Å²) in [6.07, 6.45) is 1.65. The molecule has 1 aliphatic rings. The average Bonchev–Trinajstić information content (AvgIpc) is 3.34. The molecule has 1 saturated heterocycles. The zero-order chi connectivity index (χ0) is 17.4. The van der Waals surface area contributed by atoms with Gasteiger partial charge in [-0.25, -0.2) is 13.8 Å². The molecule has 3 aromatic rings. The highest BCUT2D eigenvalue weighted by atomic mass is 19.3. The number of hydrogen-bond acceptors (Lipinski definition) is 6. The maximum Gasteiger partial charge on any atom is 0.292 e. The number of benzene rings is 1. The fourth-order valence-electron chi connectivity index (χ4n) is 2.79. The summed E-state index contributed by atoms with van der Waals surface area (Å²) in [6.45, 7) is -0.750. The summed E-state index contributed by atoms with van der Waals surface area (Å²) in [6, 6.07) is 7.95. The van der Waals surface area contributed by atoms with E-state index in [1.165, 1.54) is 6.20 Å². The fraction of sp³-hybridized carbons (Fsp3) is 0.250. The van der Waals surface area contributed by atoms with Gasteiger partial charge in [-0.2, -0.15) is 4.98 Å². The summed E-state index contributed by atoms with van der Waals surface area (Å²) < 4.78 is 37.9. The molecule has 0 unspecified atom stereocenters. The fourth-order valence-corrected chi connectivity index (χ4v) is 2.79. The number of likely N-dealkylation sites (tertiary alicyclic amines) is 1. The van der Waals surface area contributed by atoms with E-state index < -0.39 is 30.8 Å². The van der Waals surface area contributed by atoms with E-state index in [9.17, 15) is 13.6 Å². The molecule has 0 N–H and O–H groups in total. The number of aromatic nitrogens is 3. The molecule has 25 heavy (non-hydrogen) atoms. The van der Waals surface area contributed by atoms with Crippen molar-refractivity contribution in [3.05, 3.63) is 54.6 Å². The topological polar surface area (TPSA) is 85.3 Å². The van der Waals surface area contributed by atoms with E-state index in [1.807, 2.05) is 6.07 Å². The van der Waals surface area contributed by atoms with E-state index in [2.05, 4.69) is 15.1 Å². The van der Waals surface area contributed by atoms with Crippen LogP contribution in [0.25, 0.3) is 11.4 Å². The number of alkyl halides is 2. The van der Waals surface area contributed by atoms with Crippen molar-refractivity contribution in [2.45, 2.75) is 18.4 Å². The standard InChI is InChI=1S/C16H12F2N4O3/c17-16(18)6-11(22(8-16)15(23)12-7-19-9-24-12)14-20-13(21-25-14)10-4-2-1-3-5-10/h1-5,7,9,11H,6,8H2/t11-/m0/s1. The van der Waals surface area contributed by atoms with Crippen LogP contribution >= 0.6 is 0 Å². The molecule has 7 nitrogen and oxygen atoms in total. The van der Waals surface area contributed by atoms with Crippen LogP contribution in [0.3, 0.4) is 0 Å². The van der Waals surface area contributed by atoms with Crippen LogP contribution in [0.4, 0.5) is 8.78 Å². The van der Waals surface area contributed by atoms with Crippen molar-refractivity contribution in [2.75, 3.05) is 6.54 Å². The van der Waals surface area contributed by atoms with Gasteiger partial charge in [-0.05, 0) is 0 Å². The molecule has 2 aromatic heterocycles. The van der Waals surface area contributed by atoms with Crippen molar-refractivity contribution < 1.29 is 22.5 Å². The highest BCUT2D eigenvalue weighted by Crippen LogP contribution is 2.41. The van der Waals surface area contributed by atoms with Crippen molar-refractivity contribution in [1.82, 2.24) is 20.0 Å². The van der Waals surface area contributed by atoms with Gasteiger partial charge < -0.3 is 13.8 Å². The molecule has 1 amide bonds. The summed E-state index contributed by atoms with van der Waals surface area (Å²) >= 11 is 0. The van der Waals surface area contributed by atoms with Crippen LogP contribution in [0.5, 0.6) is 0 Å². The van der Waals surface area contributed by atoms with E-state index in [1.54, 1.807) is 24.3 Å². The first-order valence-corrected chi connectivity index (χ1v) is 7.50. The highest BCUT2D eigenvalue weighted by Gasteiger charge is 2.50. The number of nitrogens with zero attached hydrogens (tertiary/aromatic N) is 4. The summed E-state index contributed by atoms with van der Waals surface area (Å²) in [4.78, 5) is 21.2. The second-order valence-electron chi connectivity index (χ2n) is 5.70. The molecule has 0 radical (unpaired) electrons. The lowest BCUT2D eigenvalue weighted by atomic mass is 10.2. The minimum Gasteiger partial charge on any atom is -0.438 e. The van der Waals surface area contributed by atoms with Crippen LogP contribution in [-0.2, 0) is 0 Å². The molecule has 1 aromatic carbocycles. The SMILES string of the molecule is O=C(c1cnco1)N1CC(F)(F)C[C@H]1c1nc(-c2ccccc2)no1. The third kappa shape index (κ3) is 2.88. The quantitative estimate of drug-likeness (QED) is 0.725. The summed E-state index contributed by atoms with van der Waals surface area (Å²) in [7, 11) is 0. The van der Waals surface area contributed by atoms with Gasteiger partial charge in [0.15, 0.2) is 6.39 Å². The Bertz CT molecular complexity index is 880. The lowest BCUT2D eigenvalue weighted by Crippen LogP contribution is -2.32. The number of carbonyl (C=O) groups excluding carboxylic acids is 1. The van der Waals surface area contributed by atoms with E-state index in [0.29, 0.717) is 5.56 Å². The van der Waals surface area contributed by atoms with E-state index >= 15 is 0 Å². The molecule has 4 rings (SSSR count). The van der Waals surface area contributed by atoms with Crippen LogP contribution in [0.15, 0.2) is 51.9 Å². The monoisotopic (exact) mass is 346 g/mol. The smallest absolute Gasteiger partial charge is 0.292 e. The molecule has 128 valence electrons. The van der Waals surface area contributed by atoms with Crippen molar-refractivity contribution in [2.24, 2.45) is 0 Å². The Morgan fingerprint density at radius 3 is 2.80 bits per heavy atom. The van der Waals surface area contributed by atoms with Crippen LogP contribution in [0.2, 0.25) is 0 Å². The number of rotatable bonds is 3. The van der Waals surface area contributed by atoms with Crippen molar-refractivity contribution >= 4 is 5.91 Å². The Kier molecular flexibility index (Phi) is 3.56. The largest absolute Gasteiger partial charge is 0.438 e. The Morgan fingerprint density at radius 1 is 1.28 bits per heavy atom. The minimum atomic E-state index is -3.05. The van der Waals surface area contributed by atoms with Gasteiger partial charge in [-0.15, -0.1) is 0 Å². The van der Waals surface area contributed by atoms with Gasteiger partial charge in [0.2, 0.25) is 17.5 Å². The Morgan fingerprint density at radius 2 is 2.08 bits per heavy atom. The van der Waals surface area contributed by atoms with Crippen LogP contribution in [0, 0.1) is 0 Å². The van der Waals surface area contributed by atoms with E-state index in [4.69, 9.17) is 8.94 Å². The second kappa shape index (κ2) is 5.76. The van der Waals surface area contributed by atoms with Gasteiger partial charge in [0, 0.05) is 12.0 Å². The molecule has 1 aliphatic heterocycles. The predicted octanol–water partition coefficient (Wildman–Crippen LogP) is 2.95. The summed E-state index contributed by atoms with van der Waals surface area (Å²) in [5.41, 5.74) is 0.690. The maximum atomic E-state index is 13.9. The molecule has 0 aliphatic carbocycles. The normalized spacial score (nSPS) is 19.3. The van der Waals surface area contributed by atoms with Crippen LogP contribution < -0.4 is 0 Å². The molecule has 0 bridgehead atoms. The van der Waals surface area contributed by atoms with Gasteiger partial charge in [0.05, 0.1) is 12.7 Å². The number of oxazole rings is 1. The minimum absolute atomic E-state index is 0.0381. The maximum absolute atomic E-state index is 13.9. The Labute approximate surface area is 140 Å².